The van der Waals surface area contributed by atoms with Gasteiger partial charge in [0.15, 0.2) is 0 Å². The van der Waals surface area contributed by atoms with Crippen molar-refractivity contribution in [2.75, 3.05) is 13.1 Å². The molecule has 0 aromatic heterocycles. The highest BCUT2D eigenvalue weighted by atomic mass is 19.3. The van der Waals surface area contributed by atoms with Crippen molar-refractivity contribution in [2.24, 2.45) is 5.73 Å². The molecule has 2 rings (SSSR count). The molecule has 1 aromatic carbocycles. The van der Waals surface area contributed by atoms with Crippen molar-refractivity contribution >= 4 is 0 Å². The van der Waals surface area contributed by atoms with Gasteiger partial charge in [-0.15, -0.1) is 0 Å². The second-order valence-corrected chi connectivity index (χ2v) is 5.15. The Kier molecular flexibility index (Phi) is 4.30. The van der Waals surface area contributed by atoms with Gasteiger partial charge < -0.3 is 5.73 Å². The van der Waals surface area contributed by atoms with Gasteiger partial charge in [-0.2, -0.15) is 0 Å². The fraction of sp³-hybridized carbons (Fsp3) is 0.571. The Morgan fingerprint density at radius 2 is 1.89 bits per heavy atom. The monoisotopic (exact) mass is 254 g/mol. The Hall–Kier alpha value is -1.00. The van der Waals surface area contributed by atoms with Crippen LogP contribution in [0.2, 0.25) is 0 Å². The van der Waals surface area contributed by atoms with Crippen LogP contribution in [0, 0.1) is 0 Å². The molecule has 1 atom stereocenters. The van der Waals surface area contributed by atoms with Gasteiger partial charge in [0, 0.05) is 13.1 Å². The van der Waals surface area contributed by atoms with Gasteiger partial charge in [0.1, 0.15) is 0 Å². The van der Waals surface area contributed by atoms with Gasteiger partial charge >= 0.3 is 0 Å². The summed E-state index contributed by atoms with van der Waals surface area (Å²) in [6.07, 6.45) is -0.893. The lowest BCUT2D eigenvalue weighted by molar-refractivity contribution is 0.0445. The minimum absolute atomic E-state index is 0.373. The molecule has 1 aromatic rings. The summed E-state index contributed by atoms with van der Waals surface area (Å²) in [6, 6.07) is 10.1. The van der Waals surface area contributed by atoms with E-state index in [1.54, 1.807) is 0 Å². The summed E-state index contributed by atoms with van der Waals surface area (Å²) in [4.78, 5) is 2.21. The summed E-state index contributed by atoms with van der Waals surface area (Å²) in [5.74, 6) is 0. The Bertz CT molecular complexity index is 369. The van der Waals surface area contributed by atoms with Crippen molar-refractivity contribution in [3.8, 4) is 0 Å². The van der Waals surface area contributed by atoms with Gasteiger partial charge in [-0.05, 0) is 31.4 Å². The van der Waals surface area contributed by atoms with Gasteiger partial charge in [0.2, 0.25) is 0 Å². The number of nitrogens with zero attached hydrogens (tertiary/aromatic N) is 1. The number of likely N-dealkylation sites (tertiary alicyclic amines) is 1. The van der Waals surface area contributed by atoms with Crippen LogP contribution in [0.15, 0.2) is 30.3 Å². The lowest BCUT2D eigenvalue weighted by atomic mass is 9.92. The summed E-state index contributed by atoms with van der Waals surface area (Å²) in [7, 11) is 0. The van der Waals surface area contributed by atoms with E-state index in [2.05, 4.69) is 17.0 Å². The topological polar surface area (TPSA) is 29.3 Å². The van der Waals surface area contributed by atoms with Crippen LogP contribution in [-0.2, 0) is 6.54 Å². The first-order chi connectivity index (χ1) is 8.60. The average Bonchev–Trinajstić information content (AvgIpc) is 2.54. The summed E-state index contributed by atoms with van der Waals surface area (Å²) >= 11 is 0. The molecular weight excluding hydrogens is 234 g/mol. The zero-order valence-electron chi connectivity index (χ0n) is 10.5. The SMILES string of the molecule is NC1(C(F)F)CCCN(Cc2ccccc2)CC1. The molecule has 0 bridgehead atoms. The maximum Gasteiger partial charge on any atom is 0.256 e. The van der Waals surface area contributed by atoms with E-state index >= 15 is 0 Å². The average molecular weight is 254 g/mol. The number of nitrogens with two attached hydrogens (primary N) is 1. The van der Waals surface area contributed by atoms with E-state index in [4.69, 9.17) is 5.73 Å². The summed E-state index contributed by atoms with van der Waals surface area (Å²) < 4.78 is 25.8. The quantitative estimate of drug-likeness (QED) is 0.898. The zero-order valence-corrected chi connectivity index (χ0v) is 10.5. The van der Waals surface area contributed by atoms with Crippen molar-refractivity contribution in [1.82, 2.24) is 4.90 Å². The molecule has 1 aliphatic heterocycles. The first kappa shape index (κ1) is 13.4. The second-order valence-electron chi connectivity index (χ2n) is 5.15. The molecule has 1 unspecified atom stereocenters. The fourth-order valence-electron chi connectivity index (χ4n) is 2.45. The van der Waals surface area contributed by atoms with Crippen LogP contribution < -0.4 is 5.73 Å². The van der Waals surface area contributed by atoms with Crippen molar-refractivity contribution in [1.29, 1.82) is 0 Å². The van der Waals surface area contributed by atoms with Crippen molar-refractivity contribution < 1.29 is 8.78 Å². The molecule has 1 saturated heterocycles. The van der Waals surface area contributed by atoms with E-state index in [1.165, 1.54) is 5.56 Å². The van der Waals surface area contributed by atoms with Gasteiger partial charge in [-0.1, -0.05) is 30.3 Å². The molecule has 1 aliphatic rings. The van der Waals surface area contributed by atoms with Crippen LogP contribution in [0.25, 0.3) is 0 Å². The van der Waals surface area contributed by atoms with Crippen LogP contribution in [0.4, 0.5) is 8.78 Å². The Labute approximate surface area is 107 Å². The molecule has 100 valence electrons. The van der Waals surface area contributed by atoms with E-state index < -0.39 is 12.0 Å². The molecule has 0 aliphatic carbocycles. The van der Waals surface area contributed by atoms with E-state index in [1.807, 2.05) is 18.2 Å². The predicted molar refractivity (Wildman–Crippen MR) is 68.5 cm³/mol. The fourth-order valence-corrected chi connectivity index (χ4v) is 2.45. The zero-order chi connectivity index (χ0) is 13.0. The van der Waals surface area contributed by atoms with Crippen LogP contribution in [-0.4, -0.2) is 30.0 Å². The smallest absolute Gasteiger partial charge is 0.256 e. The Balaban J connectivity index is 1.93. The predicted octanol–water partition coefficient (Wildman–Crippen LogP) is 2.64. The van der Waals surface area contributed by atoms with Gasteiger partial charge in [0.05, 0.1) is 5.54 Å². The standard InChI is InChI=1S/C14H20F2N2/c15-13(16)14(17)7-4-9-18(10-8-14)11-12-5-2-1-3-6-12/h1-3,5-6,13H,4,7-11,17H2. The van der Waals surface area contributed by atoms with Gasteiger partial charge in [-0.3, -0.25) is 4.90 Å². The third-order valence-electron chi connectivity index (χ3n) is 3.69. The van der Waals surface area contributed by atoms with Crippen molar-refractivity contribution in [3.63, 3.8) is 0 Å². The number of hydrogen-bond acceptors (Lipinski definition) is 2. The number of hydrogen-bond donors (Lipinski definition) is 1. The minimum Gasteiger partial charge on any atom is -0.320 e. The maximum atomic E-state index is 12.9. The molecule has 0 saturated carbocycles. The Morgan fingerprint density at radius 1 is 1.17 bits per heavy atom. The van der Waals surface area contributed by atoms with Gasteiger partial charge in [-0.25, -0.2) is 8.78 Å². The highest BCUT2D eigenvalue weighted by Gasteiger charge is 2.37. The molecule has 2 N–H and O–H groups in total. The van der Waals surface area contributed by atoms with Crippen LogP contribution in [0.3, 0.4) is 0 Å². The first-order valence-corrected chi connectivity index (χ1v) is 6.43. The summed E-state index contributed by atoms with van der Waals surface area (Å²) in [6.45, 7) is 2.32. The lowest BCUT2D eigenvalue weighted by Crippen LogP contribution is -2.47. The molecule has 1 fully saturated rings. The molecule has 1 heterocycles. The van der Waals surface area contributed by atoms with Gasteiger partial charge in [0.25, 0.3) is 6.43 Å². The Morgan fingerprint density at radius 3 is 2.56 bits per heavy atom. The summed E-state index contributed by atoms with van der Waals surface area (Å²) in [5.41, 5.74) is 5.72. The van der Waals surface area contributed by atoms with Crippen LogP contribution >= 0.6 is 0 Å². The van der Waals surface area contributed by atoms with Crippen molar-refractivity contribution in [2.45, 2.75) is 37.8 Å². The molecular formula is C14H20F2N2. The maximum absolute atomic E-state index is 12.9. The third kappa shape index (κ3) is 3.27. The number of alkyl halides is 2. The molecule has 0 amide bonds. The van der Waals surface area contributed by atoms with Crippen LogP contribution in [0.1, 0.15) is 24.8 Å². The first-order valence-electron chi connectivity index (χ1n) is 6.43. The van der Waals surface area contributed by atoms with E-state index in [0.29, 0.717) is 19.4 Å². The minimum atomic E-state index is -2.42. The number of rotatable bonds is 3. The normalized spacial score (nSPS) is 26.2. The van der Waals surface area contributed by atoms with E-state index in [9.17, 15) is 8.78 Å². The van der Waals surface area contributed by atoms with Crippen molar-refractivity contribution in [3.05, 3.63) is 35.9 Å². The molecule has 0 spiro atoms. The lowest BCUT2D eigenvalue weighted by Gasteiger charge is -2.27. The number of benzene rings is 1. The molecule has 0 radical (unpaired) electrons. The highest BCUT2D eigenvalue weighted by Crippen LogP contribution is 2.26. The van der Waals surface area contributed by atoms with Crippen LogP contribution in [0.5, 0.6) is 0 Å². The second kappa shape index (κ2) is 5.76. The summed E-state index contributed by atoms with van der Waals surface area (Å²) in [5, 5.41) is 0. The van der Waals surface area contributed by atoms with E-state index in [0.717, 1.165) is 19.5 Å². The molecule has 2 nitrogen and oxygen atoms in total. The highest BCUT2D eigenvalue weighted by molar-refractivity contribution is 5.14. The van der Waals surface area contributed by atoms with E-state index in [-0.39, 0.29) is 0 Å². The third-order valence-corrected chi connectivity index (χ3v) is 3.69. The molecule has 4 heteroatoms. The largest absolute Gasteiger partial charge is 0.320 e. The number of halogens is 2. The molecule has 18 heavy (non-hydrogen) atoms.